The molecule has 0 bridgehead atoms. The van der Waals surface area contributed by atoms with E-state index in [-0.39, 0.29) is 5.91 Å². The second-order valence-electron chi connectivity index (χ2n) is 4.96. The van der Waals surface area contributed by atoms with Crippen molar-refractivity contribution in [1.82, 2.24) is 10.2 Å². The zero-order chi connectivity index (χ0) is 15.5. The Kier molecular flexibility index (Phi) is 3.78. The molecular weight excluding hydrogens is 278 g/mol. The van der Waals surface area contributed by atoms with Gasteiger partial charge in [0.2, 0.25) is 5.91 Å². The number of aromatic amines is 1. The van der Waals surface area contributed by atoms with Crippen LogP contribution < -0.4 is 10.1 Å². The van der Waals surface area contributed by atoms with E-state index in [9.17, 15) is 4.79 Å². The largest absolute Gasteiger partial charge is 0.497 e. The van der Waals surface area contributed by atoms with Crippen molar-refractivity contribution in [2.75, 3.05) is 12.4 Å². The zero-order valence-corrected chi connectivity index (χ0v) is 12.5. The molecule has 0 aliphatic carbocycles. The first-order valence-corrected chi connectivity index (χ1v) is 7.13. The number of ether oxygens (including phenoxy) is 1. The number of anilines is 1. The number of nitrogens with zero attached hydrogens (tertiary/aromatic N) is 1. The van der Waals surface area contributed by atoms with Gasteiger partial charge in [-0.15, -0.1) is 0 Å². The summed E-state index contributed by atoms with van der Waals surface area (Å²) in [6.07, 6.45) is 0.429. The van der Waals surface area contributed by atoms with E-state index in [2.05, 4.69) is 15.5 Å². The highest BCUT2D eigenvalue weighted by atomic mass is 16.5. The standard InChI is InChI=1S/C17H17N3O2/c1-3-16(21)18-17-14-9-6-12(10-15(14)19-20-17)11-4-7-13(22-2)8-5-11/h4-10H,3H2,1-2H3,(H2,18,19,20,21). The van der Waals surface area contributed by atoms with Crippen molar-refractivity contribution in [2.24, 2.45) is 0 Å². The first-order chi connectivity index (χ1) is 10.7. The summed E-state index contributed by atoms with van der Waals surface area (Å²) in [5.74, 6) is 1.35. The lowest BCUT2D eigenvalue weighted by Crippen LogP contribution is -2.09. The third-order valence-corrected chi connectivity index (χ3v) is 3.57. The van der Waals surface area contributed by atoms with Gasteiger partial charge in [-0.1, -0.05) is 25.1 Å². The van der Waals surface area contributed by atoms with Crippen molar-refractivity contribution in [3.8, 4) is 16.9 Å². The molecule has 1 heterocycles. The molecular formula is C17H17N3O2. The average molecular weight is 295 g/mol. The zero-order valence-electron chi connectivity index (χ0n) is 12.5. The van der Waals surface area contributed by atoms with E-state index >= 15 is 0 Å². The van der Waals surface area contributed by atoms with Gasteiger partial charge in [0.05, 0.1) is 12.6 Å². The Hall–Kier alpha value is -2.82. The van der Waals surface area contributed by atoms with Crippen molar-refractivity contribution in [2.45, 2.75) is 13.3 Å². The first-order valence-electron chi connectivity index (χ1n) is 7.13. The maximum Gasteiger partial charge on any atom is 0.225 e. The lowest BCUT2D eigenvalue weighted by molar-refractivity contribution is -0.115. The van der Waals surface area contributed by atoms with Crippen LogP contribution in [0.5, 0.6) is 5.75 Å². The molecule has 2 aromatic carbocycles. The molecule has 1 aromatic heterocycles. The maximum atomic E-state index is 11.5. The Balaban J connectivity index is 1.94. The minimum atomic E-state index is -0.0485. The van der Waals surface area contributed by atoms with Crippen LogP contribution in [0.3, 0.4) is 0 Å². The number of fused-ring (bicyclic) bond motifs is 1. The van der Waals surface area contributed by atoms with E-state index in [1.807, 2.05) is 49.4 Å². The SMILES string of the molecule is CCC(=O)Nc1n[nH]c2cc(-c3ccc(OC)cc3)ccc12. The number of hydrogen-bond donors (Lipinski definition) is 2. The number of nitrogens with one attached hydrogen (secondary N) is 2. The topological polar surface area (TPSA) is 67.0 Å². The van der Waals surface area contributed by atoms with Crippen LogP contribution in [-0.2, 0) is 4.79 Å². The minimum absolute atomic E-state index is 0.0485. The van der Waals surface area contributed by atoms with Gasteiger partial charge in [0.15, 0.2) is 5.82 Å². The van der Waals surface area contributed by atoms with Crippen molar-refractivity contribution < 1.29 is 9.53 Å². The molecule has 0 fully saturated rings. The fraction of sp³-hybridized carbons (Fsp3) is 0.176. The molecule has 0 radical (unpaired) electrons. The summed E-state index contributed by atoms with van der Waals surface area (Å²) in [5.41, 5.74) is 3.06. The molecule has 112 valence electrons. The Bertz CT molecular complexity index is 806. The quantitative estimate of drug-likeness (QED) is 0.773. The number of carbonyl (C=O) groups excluding carboxylic acids is 1. The van der Waals surface area contributed by atoms with Gasteiger partial charge >= 0.3 is 0 Å². The molecule has 0 saturated carbocycles. The Morgan fingerprint density at radius 3 is 2.59 bits per heavy atom. The number of H-pyrrole nitrogens is 1. The van der Waals surface area contributed by atoms with Crippen molar-refractivity contribution in [3.63, 3.8) is 0 Å². The van der Waals surface area contributed by atoms with Gasteiger partial charge in [-0.05, 0) is 35.4 Å². The Labute approximate surface area is 128 Å². The van der Waals surface area contributed by atoms with Gasteiger partial charge in [0.25, 0.3) is 0 Å². The third kappa shape index (κ3) is 2.65. The molecule has 3 rings (SSSR count). The highest BCUT2D eigenvalue weighted by Crippen LogP contribution is 2.28. The van der Waals surface area contributed by atoms with Gasteiger partial charge in [-0.2, -0.15) is 5.10 Å². The number of aromatic nitrogens is 2. The molecule has 0 unspecified atom stereocenters. The number of rotatable bonds is 4. The molecule has 5 heteroatoms. The lowest BCUT2D eigenvalue weighted by Gasteiger charge is -2.04. The monoisotopic (exact) mass is 295 g/mol. The number of carbonyl (C=O) groups is 1. The van der Waals surface area contributed by atoms with Crippen molar-refractivity contribution in [1.29, 1.82) is 0 Å². The predicted octanol–water partition coefficient (Wildman–Crippen LogP) is 3.59. The predicted molar refractivity (Wildman–Crippen MR) is 87.0 cm³/mol. The van der Waals surface area contributed by atoms with E-state index < -0.39 is 0 Å². The van der Waals surface area contributed by atoms with Gasteiger partial charge in [0.1, 0.15) is 5.75 Å². The summed E-state index contributed by atoms with van der Waals surface area (Å²) in [7, 11) is 1.65. The number of amides is 1. The van der Waals surface area contributed by atoms with Crippen LogP contribution in [0.2, 0.25) is 0 Å². The normalized spacial score (nSPS) is 10.6. The molecule has 3 aromatic rings. The van der Waals surface area contributed by atoms with E-state index in [0.717, 1.165) is 27.8 Å². The molecule has 0 saturated heterocycles. The smallest absolute Gasteiger partial charge is 0.225 e. The fourth-order valence-electron chi connectivity index (χ4n) is 2.30. The van der Waals surface area contributed by atoms with Gasteiger partial charge in [0, 0.05) is 11.8 Å². The lowest BCUT2D eigenvalue weighted by atomic mass is 10.0. The number of benzene rings is 2. The van der Waals surface area contributed by atoms with Crippen LogP contribution in [0.15, 0.2) is 42.5 Å². The second-order valence-corrected chi connectivity index (χ2v) is 4.96. The van der Waals surface area contributed by atoms with Crippen LogP contribution in [-0.4, -0.2) is 23.2 Å². The van der Waals surface area contributed by atoms with E-state index in [0.29, 0.717) is 12.2 Å². The number of hydrogen-bond acceptors (Lipinski definition) is 3. The van der Waals surface area contributed by atoms with Crippen LogP contribution >= 0.6 is 0 Å². The molecule has 1 amide bonds. The minimum Gasteiger partial charge on any atom is -0.497 e. The van der Waals surface area contributed by atoms with Crippen molar-refractivity contribution in [3.05, 3.63) is 42.5 Å². The molecule has 0 atom stereocenters. The van der Waals surface area contributed by atoms with E-state index in [1.165, 1.54) is 0 Å². The second kappa shape index (κ2) is 5.89. The van der Waals surface area contributed by atoms with E-state index in [4.69, 9.17) is 4.74 Å². The fourth-order valence-corrected chi connectivity index (χ4v) is 2.30. The van der Waals surface area contributed by atoms with Gasteiger partial charge < -0.3 is 10.1 Å². The molecule has 2 N–H and O–H groups in total. The van der Waals surface area contributed by atoms with Crippen LogP contribution in [0.25, 0.3) is 22.0 Å². The maximum absolute atomic E-state index is 11.5. The van der Waals surface area contributed by atoms with Gasteiger partial charge in [-0.25, -0.2) is 0 Å². The van der Waals surface area contributed by atoms with E-state index in [1.54, 1.807) is 7.11 Å². The van der Waals surface area contributed by atoms with Crippen LogP contribution in [0.1, 0.15) is 13.3 Å². The Morgan fingerprint density at radius 1 is 1.18 bits per heavy atom. The average Bonchev–Trinajstić information content (AvgIpc) is 2.97. The summed E-state index contributed by atoms with van der Waals surface area (Å²) in [5, 5.41) is 10.8. The highest BCUT2D eigenvalue weighted by Gasteiger charge is 2.09. The first kappa shape index (κ1) is 14.1. The molecule has 0 spiro atoms. The summed E-state index contributed by atoms with van der Waals surface area (Å²) in [6, 6.07) is 13.9. The molecule has 0 aliphatic heterocycles. The highest BCUT2D eigenvalue weighted by molar-refractivity contribution is 6.00. The summed E-state index contributed by atoms with van der Waals surface area (Å²) in [6.45, 7) is 1.81. The third-order valence-electron chi connectivity index (χ3n) is 3.57. The summed E-state index contributed by atoms with van der Waals surface area (Å²) >= 11 is 0. The molecule has 0 aliphatic rings. The number of methoxy groups -OCH3 is 1. The van der Waals surface area contributed by atoms with Crippen molar-refractivity contribution >= 4 is 22.6 Å². The van der Waals surface area contributed by atoms with Crippen LogP contribution in [0.4, 0.5) is 5.82 Å². The molecule has 5 nitrogen and oxygen atoms in total. The Morgan fingerprint density at radius 2 is 1.91 bits per heavy atom. The summed E-state index contributed by atoms with van der Waals surface area (Å²) in [4.78, 5) is 11.5. The molecule has 22 heavy (non-hydrogen) atoms. The summed E-state index contributed by atoms with van der Waals surface area (Å²) < 4.78 is 5.17. The van der Waals surface area contributed by atoms with Gasteiger partial charge in [-0.3, -0.25) is 9.89 Å². The van der Waals surface area contributed by atoms with Crippen LogP contribution in [0, 0.1) is 0 Å².